The van der Waals surface area contributed by atoms with Crippen molar-refractivity contribution in [3.05, 3.63) is 35.4 Å². The van der Waals surface area contributed by atoms with Gasteiger partial charge in [0.15, 0.2) is 0 Å². The molecule has 1 atom stereocenters. The fourth-order valence-electron chi connectivity index (χ4n) is 3.47. The number of amides is 1. The van der Waals surface area contributed by atoms with Crippen molar-refractivity contribution in [2.24, 2.45) is 0 Å². The van der Waals surface area contributed by atoms with Gasteiger partial charge in [0.1, 0.15) is 0 Å². The fraction of sp³-hybridized carbons (Fsp3) is 0.680. The molecule has 0 fully saturated rings. The third-order valence-electron chi connectivity index (χ3n) is 5.23. The standard InChI is InChI=1S/C25H41NO3/c1-4-6-8-9-10-11-13-22-14-16-23(17-15-22)24(26-21(3)27)18-19-25(28)29-20-12-7-5-2/h14-17,24H,4-13,18-20H2,1-3H3,(H,26,27). The van der Waals surface area contributed by atoms with Gasteiger partial charge in [0.2, 0.25) is 5.91 Å². The van der Waals surface area contributed by atoms with Crippen molar-refractivity contribution in [3.8, 4) is 0 Å². The molecule has 0 aromatic heterocycles. The molecule has 0 heterocycles. The molecule has 164 valence electrons. The van der Waals surface area contributed by atoms with Gasteiger partial charge in [0.25, 0.3) is 0 Å². The maximum absolute atomic E-state index is 12.0. The van der Waals surface area contributed by atoms with Gasteiger partial charge in [0.05, 0.1) is 12.6 Å². The maximum Gasteiger partial charge on any atom is 0.305 e. The third-order valence-corrected chi connectivity index (χ3v) is 5.23. The molecule has 0 bridgehead atoms. The Kier molecular flexibility index (Phi) is 13.9. The van der Waals surface area contributed by atoms with Crippen LogP contribution in [0.4, 0.5) is 0 Å². The lowest BCUT2D eigenvalue weighted by atomic mass is 9.98. The molecule has 1 amide bonds. The number of unbranched alkanes of at least 4 members (excludes halogenated alkanes) is 7. The highest BCUT2D eigenvalue weighted by Gasteiger charge is 2.15. The van der Waals surface area contributed by atoms with E-state index in [1.54, 1.807) is 0 Å². The second kappa shape index (κ2) is 16.0. The Morgan fingerprint density at radius 2 is 1.52 bits per heavy atom. The van der Waals surface area contributed by atoms with Crippen LogP contribution in [0.15, 0.2) is 24.3 Å². The molecule has 0 aliphatic rings. The van der Waals surface area contributed by atoms with Crippen LogP contribution in [-0.2, 0) is 20.7 Å². The number of carbonyl (C=O) groups is 2. The van der Waals surface area contributed by atoms with Crippen LogP contribution >= 0.6 is 0 Å². The number of benzene rings is 1. The monoisotopic (exact) mass is 403 g/mol. The summed E-state index contributed by atoms with van der Waals surface area (Å²) in [6.45, 7) is 6.37. The lowest BCUT2D eigenvalue weighted by Gasteiger charge is -2.18. The van der Waals surface area contributed by atoms with Gasteiger partial charge in [-0.05, 0) is 36.8 Å². The van der Waals surface area contributed by atoms with Crippen molar-refractivity contribution in [2.45, 2.75) is 104 Å². The molecule has 4 heteroatoms. The summed E-state index contributed by atoms with van der Waals surface area (Å²) in [5.41, 5.74) is 2.38. The minimum absolute atomic E-state index is 0.0810. The van der Waals surface area contributed by atoms with Crippen molar-refractivity contribution in [1.29, 1.82) is 0 Å². The number of carbonyl (C=O) groups excluding carboxylic acids is 2. The Bertz CT molecular complexity index is 568. The van der Waals surface area contributed by atoms with E-state index in [9.17, 15) is 9.59 Å². The zero-order chi connectivity index (χ0) is 21.3. The van der Waals surface area contributed by atoms with Gasteiger partial charge >= 0.3 is 5.97 Å². The third kappa shape index (κ3) is 12.4. The van der Waals surface area contributed by atoms with Crippen molar-refractivity contribution in [1.82, 2.24) is 5.32 Å². The summed E-state index contributed by atoms with van der Waals surface area (Å²) in [6.07, 6.45) is 12.9. The smallest absolute Gasteiger partial charge is 0.305 e. The number of rotatable bonds is 16. The normalized spacial score (nSPS) is 11.8. The predicted octanol–water partition coefficient (Wildman–Crippen LogP) is 6.28. The summed E-state index contributed by atoms with van der Waals surface area (Å²) in [4.78, 5) is 23.6. The van der Waals surface area contributed by atoms with Crippen molar-refractivity contribution in [2.75, 3.05) is 6.61 Å². The van der Waals surface area contributed by atoms with E-state index in [1.807, 2.05) is 0 Å². The molecule has 1 rings (SSSR count). The van der Waals surface area contributed by atoms with Crippen molar-refractivity contribution >= 4 is 11.9 Å². The molecular weight excluding hydrogens is 362 g/mol. The van der Waals surface area contributed by atoms with Crippen LogP contribution < -0.4 is 5.32 Å². The van der Waals surface area contributed by atoms with Gasteiger partial charge in [-0.15, -0.1) is 0 Å². The minimum Gasteiger partial charge on any atom is -0.466 e. The minimum atomic E-state index is -0.184. The van der Waals surface area contributed by atoms with E-state index < -0.39 is 0 Å². The summed E-state index contributed by atoms with van der Waals surface area (Å²) in [5, 5.41) is 2.97. The molecule has 1 N–H and O–H groups in total. The number of nitrogens with one attached hydrogen (secondary N) is 1. The van der Waals surface area contributed by atoms with Gasteiger partial charge in [-0.25, -0.2) is 0 Å². The van der Waals surface area contributed by atoms with Gasteiger partial charge in [-0.3, -0.25) is 9.59 Å². The van der Waals surface area contributed by atoms with E-state index >= 15 is 0 Å². The van der Waals surface area contributed by atoms with Crippen LogP contribution in [0.2, 0.25) is 0 Å². The van der Waals surface area contributed by atoms with E-state index in [-0.39, 0.29) is 17.9 Å². The lowest BCUT2D eigenvalue weighted by molar-refractivity contribution is -0.144. The highest BCUT2D eigenvalue weighted by Crippen LogP contribution is 2.21. The average molecular weight is 404 g/mol. The molecule has 0 radical (unpaired) electrons. The first-order chi connectivity index (χ1) is 14.1. The topological polar surface area (TPSA) is 55.4 Å². The highest BCUT2D eigenvalue weighted by molar-refractivity contribution is 5.74. The number of esters is 1. The summed E-state index contributed by atoms with van der Waals surface area (Å²) >= 11 is 0. The molecule has 0 aliphatic heterocycles. The highest BCUT2D eigenvalue weighted by atomic mass is 16.5. The fourth-order valence-corrected chi connectivity index (χ4v) is 3.47. The summed E-state index contributed by atoms with van der Waals surface area (Å²) in [7, 11) is 0. The molecule has 1 unspecified atom stereocenters. The van der Waals surface area contributed by atoms with E-state index in [1.165, 1.54) is 51.0 Å². The van der Waals surface area contributed by atoms with Crippen LogP contribution in [0.1, 0.15) is 109 Å². The largest absolute Gasteiger partial charge is 0.466 e. The molecule has 0 spiro atoms. The first kappa shape index (κ1) is 25.2. The second-order valence-corrected chi connectivity index (χ2v) is 7.98. The molecule has 0 aliphatic carbocycles. The Morgan fingerprint density at radius 3 is 2.17 bits per heavy atom. The summed E-state index contributed by atoms with van der Waals surface area (Å²) in [5.74, 6) is -0.265. The second-order valence-electron chi connectivity index (χ2n) is 7.98. The maximum atomic E-state index is 12.0. The van der Waals surface area contributed by atoms with Crippen LogP contribution in [0.25, 0.3) is 0 Å². The summed E-state index contributed by atoms with van der Waals surface area (Å²) < 4.78 is 5.28. The molecule has 1 aromatic rings. The predicted molar refractivity (Wildman–Crippen MR) is 120 cm³/mol. The molecule has 29 heavy (non-hydrogen) atoms. The van der Waals surface area contributed by atoms with Crippen LogP contribution in [0, 0.1) is 0 Å². The Balaban J connectivity index is 2.46. The number of aryl methyl sites for hydroxylation is 1. The van der Waals surface area contributed by atoms with Crippen LogP contribution in [0.5, 0.6) is 0 Å². The first-order valence-electron chi connectivity index (χ1n) is 11.6. The van der Waals surface area contributed by atoms with Crippen molar-refractivity contribution < 1.29 is 14.3 Å². The SMILES string of the molecule is CCCCCCCCc1ccc(C(CCC(=O)OCCCCC)NC(C)=O)cc1. The zero-order valence-corrected chi connectivity index (χ0v) is 18.8. The first-order valence-corrected chi connectivity index (χ1v) is 11.6. The Labute approximate surface area is 177 Å². The van der Waals surface area contributed by atoms with E-state index in [4.69, 9.17) is 4.74 Å². The van der Waals surface area contributed by atoms with Gasteiger partial charge in [0, 0.05) is 13.3 Å². The van der Waals surface area contributed by atoms with Gasteiger partial charge in [-0.1, -0.05) is 83.1 Å². The number of hydrogen-bond donors (Lipinski definition) is 1. The molecule has 0 saturated carbocycles. The molecule has 1 aromatic carbocycles. The quantitative estimate of drug-likeness (QED) is 0.261. The van der Waals surface area contributed by atoms with Crippen molar-refractivity contribution in [3.63, 3.8) is 0 Å². The van der Waals surface area contributed by atoms with Gasteiger partial charge in [-0.2, -0.15) is 0 Å². The zero-order valence-electron chi connectivity index (χ0n) is 18.8. The van der Waals surface area contributed by atoms with E-state index in [0.717, 1.165) is 31.2 Å². The molecular formula is C25H41NO3. The average Bonchev–Trinajstić information content (AvgIpc) is 2.71. The molecule has 4 nitrogen and oxygen atoms in total. The Morgan fingerprint density at radius 1 is 0.897 bits per heavy atom. The van der Waals surface area contributed by atoms with E-state index in [0.29, 0.717) is 19.4 Å². The van der Waals surface area contributed by atoms with Crippen LogP contribution in [-0.4, -0.2) is 18.5 Å². The number of hydrogen-bond acceptors (Lipinski definition) is 3. The molecule has 0 saturated heterocycles. The van der Waals surface area contributed by atoms with Gasteiger partial charge < -0.3 is 10.1 Å². The summed E-state index contributed by atoms with van der Waals surface area (Å²) in [6, 6.07) is 8.32. The number of ether oxygens (including phenoxy) is 1. The van der Waals surface area contributed by atoms with Crippen LogP contribution in [0.3, 0.4) is 0 Å². The lowest BCUT2D eigenvalue weighted by Crippen LogP contribution is -2.26. The Hall–Kier alpha value is -1.84. The van der Waals surface area contributed by atoms with E-state index in [2.05, 4.69) is 43.4 Å².